The summed E-state index contributed by atoms with van der Waals surface area (Å²) in [7, 11) is -3.31. The van der Waals surface area contributed by atoms with E-state index < -0.39 is 9.84 Å². The van der Waals surface area contributed by atoms with Crippen molar-refractivity contribution in [2.24, 2.45) is 0 Å². The van der Waals surface area contributed by atoms with Crippen molar-refractivity contribution in [1.29, 1.82) is 0 Å². The fraction of sp³-hybridized carbons (Fsp3) is 0.143. The summed E-state index contributed by atoms with van der Waals surface area (Å²) in [5, 5.41) is 4.54. The molecule has 0 aliphatic heterocycles. The van der Waals surface area contributed by atoms with Crippen LogP contribution in [0.2, 0.25) is 0 Å². The van der Waals surface area contributed by atoms with E-state index in [1.54, 1.807) is 57.9 Å². The predicted molar refractivity (Wildman–Crippen MR) is 126 cm³/mol. The minimum atomic E-state index is -3.31. The molecule has 0 spiro atoms. The molecule has 5 nitrogen and oxygen atoms in total. The summed E-state index contributed by atoms with van der Waals surface area (Å²) in [6.07, 6.45) is 5.28. The van der Waals surface area contributed by atoms with E-state index in [4.69, 9.17) is 0 Å². The molecule has 0 radical (unpaired) electrons. The topological polar surface area (TPSA) is 67.3 Å². The quantitative estimate of drug-likeness (QED) is 0.349. The number of anilines is 1. The lowest BCUT2D eigenvalue weighted by Gasteiger charge is -2.17. The van der Waals surface area contributed by atoms with Crippen LogP contribution < -0.4 is 4.90 Å². The van der Waals surface area contributed by atoms with E-state index in [-0.39, 0.29) is 10.8 Å². The minimum absolute atomic E-state index is 0.151. The summed E-state index contributed by atoms with van der Waals surface area (Å²) in [5.74, 6) is -0.151. The Morgan fingerprint density at radius 3 is 2.63 bits per heavy atom. The summed E-state index contributed by atoms with van der Waals surface area (Å²) in [6, 6.07) is 12.8. The number of hydrogen-bond acceptors (Lipinski definition) is 7. The first kappa shape index (κ1) is 20.9. The SMILES string of the molecule is CS(=O)(=O)c1ccc2nc(N(CCc3cccs3)C(=O)/C=C/c3cccs3)sc2c1. The van der Waals surface area contributed by atoms with Gasteiger partial charge in [-0.3, -0.25) is 9.69 Å². The van der Waals surface area contributed by atoms with Gasteiger partial charge >= 0.3 is 0 Å². The number of thiophene rings is 2. The molecule has 0 saturated carbocycles. The number of carbonyl (C=O) groups is 1. The van der Waals surface area contributed by atoms with Crippen LogP contribution in [0.5, 0.6) is 0 Å². The van der Waals surface area contributed by atoms with Gasteiger partial charge < -0.3 is 0 Å². The Labute approximate surface area is 186 Å². The molecule has 4 aromatic rings. The largest absolute Gasteiger partial charge is 0.284 e. The molecule has 0 bridgehead atoms. The molecule has 3 aromatic heterocycles. The molecular formula is C21H18N2O3S4. The molecule has 3 heterocycles. The maximum Gasteiger partial charge on any atom is 0.252 e. The van der Waals surface area contributed by atoms with Crippen molar-refractivity contribution >= 4 is 71.2 Å². The van der Waals surface area contributed by atoms with Gasteiger partial charge in [-0.15, -0.1) is 22.7 Å². The van der Waals surface area contributed by atoms with Crippen molar-refractivity contribution in [2.45, 2.75) is 11.3 Å². The van der Waals surface area contributed by atoms with Crippen LogP contribution >= 0.6 is 34.0 Å². The Kier molecular flexibility index (Phi) is 6.14. The number of amides is 1. The van der Waals surface area contributed by atoms with Crippen molar-refractivity contribution in [3.8, 4) is 0 Å². The van der Waals surface area contributed by atoms with Gasteiger partial charge in [-0.2, -0.15) is 0 Å². The fourth-order valence-electron chi connectivity index (χ4n) is 2.85. The maximum atomic E-state index is 13.0. The van der Waals surface area contributed by atoms with Crippen LogP contribution in [0.3, 0.4) is 0 Å². The Morgan fingerprint density at radius 1 is 1.13 bits per heavy atom. The third-order valence-corrected chi connectivity index (χ3v) is 8.29. The molecular weight excluding hydrogens is 457 g/mol. The van der Waals surface area contributed by atoms with Crippen molar-refractivity contribution in [2.75, 3.05) is 17.7 Å². The molecule has 30 heavy (non-hydrogen) atoms. The average Bonchev–Trinajstić information content (AvgIpc) is 3.46. The normalized spacial score (nSPS) is 12.0. The number of benzene rings is 1. The van der Waals surface area contributed by atoms with Crippen LogP contribution in [-0.4, -0.2) is 32.1 Å². The molecule has 0 atom stereocenters. The zero-order chi connectivity index (χ0) is 21.1. The maximum absolute atomic E-state index is 13.0. The number of fused-ring (bicyclic) bond motifs is 1. The summed E-state index contributed by atoms with van der Waals surface area (Å²) < 4.78 is 24.5. The lowest BCUT2D eigenvalue weighted by molar-refractivity contribution is -0.114. The third-order valence-electron chi connectivity index (χ3n) is 4.37. The lowest BCUT2D eigenvalue weighted by Crippen LogP contribution is -2.31. The number of thiazole rings is 1. The lowest BCUT2D eigenvalue weighted by atomic mass is 10.3. The van der Waals surface area contributed by atoms with Gasteiger partial charge in [0.2, 0.25) is 0 Å². The Bertz CT molecular complexity index is 1290. The summed E-state index contributed by atoms with van der Waals surface area (Å²) in [6.45, 7) is 0.493. The smallest absolute Gasteiger partial charge is 0.252 e. The molecule has 0 aliphatic rings. The highest BCUT2D eigenvalue weighted by Crippen LogP contribution is 2.31. The highest BCUT2D eigenvalue weighted by molar-refractivity contribution is 7.90. The predicted octanol–water partition coefficient (Wildman–Crippen LogP) is 5.11. The summed E-state index contributed by atoms with van der Waals surface area (Å²) in [4.78, 5) is 21.7. The van der Waals surface area contributed by atoms with Gasteiger partial charge in [0.25, 0.3) is 5.91 Å². The van der Waals surface area contributed by atoms with Crippen LogP contribution in [0.4, 0.5) is 5.13 Å². The molecule has 4 rings (SSSR count). The first-order valence-electron chi connectivity index (χ1n) is 9.06. The molecule has 0 saturated heterocycles. The van der Waals surface area contributed by atoms with Crippen molar-refractivity contribution in [3.05, 3.63) is 69.1 Å². The van der Waals surface area contributed by atoms with Gasteiger partial charge in [-0.1, -0.05) is 23.5 Å². The molecule has 1 aromatic carbocycles. The second kappa shape index (κ2) is 8.81. The zero-order valence-corrected chi connectivity index (χ0v) is 19.3. The van der Waals surface area contributed by atoms with Crippen molar-refractivity contribution in [3.63, 3.8) is 0 Å². The molecule has 0 fully saturated rings. The highest BCUT2D eigenvalue weighted by Gasteiger charge is 2.19. The van der Waals surface area contributed by atoms with Crippen LogP contribution in [0.1, 0.15) is 9.75 Å². The molecule has 0 N–H and O–H groups in total. The monoisotopic (exact) mass is 474 g/mol. The molecule has 9 heteroatoms. The van der Waals surface area contributed by atoms with Gasteiger partial charge in [0.1, 0.15) is 0 Å². The fourth-order valence-corrected chi connectivity index (χ4v) is 5.92. The Balaban J connectivity index is 1.66. The number of aromatic nitrogens is 1. The van der Waals surface area contributed by atoms with E-state index in [1.165, 1.54) is 22.5 Å². The summed E-state index contributed by atoms with van der Waals surface area (Å²) in [5.41, 5.74) is 0.679. The number of hydrogen-bond donors (Lipinski definition) is 0. The summed E-state index contributed by atoms with van der Waals surface area (Å²) >= 11 is 4.55. The van der Waals surface area contributed by atoms with Gasteiger partial charge in [0.15, 0.2) is 15.0 Å². The van der Waals surface area contributed by atoms with Crippen LogP contribution in [0, 0.1) is 0 Å². The molecule has 154 valence electrons. The molecule has 0 aliphatic carbocycles. The number of carbonyl (C=O) groups excluding carboxylic acids is 1. The Morgan fingerprint density at radius 2 is 1.93 bits per heavy atom. The number of rotatable bonds is 7. The average molecular weight is 475 g/mol. The van der Waals surface area contributed by atoms with E-state index in [1.807, 2.05) is 35.0 Å². The second-order valence-electron chi connectivity index (χ2n) is 6.57. The first-order valence-corrected chi connectivity index (χ1v) is 13.5. The van der Waals surface area contributed by atoms with E-state index in [0.29, 0.717) is 17.2 Å². The highest BCUT2D eigenvalue weighted by atomic mass is 32.2. The van der Waals surface area contributed by atoms with Gasteiger partial charge in [0.05, 0.1) is 15.1 Å². The molecule has 0 unspecified atom stereocenters. The minimum Gasteiger partial charge on any atom is -0.284 e. The molecule has 1 amide bonds. The zero-order valence-electron chi connectivity index (χ0n) is 16.0. The second-order valence-corrected chi connectivity index (χ2v) is 11.6. The Hall–Kier alpha value is -2.33. The van der Waals surface area contributed by atoms with Gasteiger partial charge in [-0.05, 0) is 53.6 Å². The van der Waals surface area contributed by atoms with Gasteiger partial charge in [0, 0.05) is 28.6 Å². The van der Waals surface area contributed by atoms with Crippen molar-refractivity contribution < 1.29 is 13.2 Å². The standard InChI is InChI=1S/C21H18N2O3S4/c1-30(25,26)17-7-8-18-19(14-17)29-21(22-18)23(11-10-16-5-3-13-28-16)20(24)9-6-15-4-2-12-27-15/h2-9,12-14H,10-11H2,1H3/b9-6+. The van der Waals surface area contributed by atoms with E-state index >= 15 is 0 Å². The van der Waals surface area contributed by atoms with E-state index in [0.717, 1.165) is 16.0 Å². The third kappa shape index (κ3) is 4.86. The van der Waals surface area contributed by atoms with Crippen LogP contribution in [0.25, 0.3) is 16.3 Å². The number of nitrogens with zero attached hydrogens (tertiary/aromatic N) is 2. The van der Waals surface area contributed by atoms with Gasteiger partial charge in [-0.25, -0.2) is 13.4 Å². The first-order chi connectivity index (χ1) is 14.4. The van der Waals surface area contributed by atoms with Crippen LogP contribution in [-0.2, 0) is 21.1 Å². The van der Waals surface area contributed by atoms with Crippen LogP contribution in [0.15, 0.2) is 64.2 Å². The number of sulfone groups is 1. The van der Waals surface area contributed by atoms with Crippen molar-refractivity contribution in [1.82, 2.24) is 4.98 Å². The van der Waals surface area contributed by atoms with E-state index in [9.17, 15) is 13.2 Å². The van der Waals surface area contributed by atoms with E-state index in [2.05, 4.69) is 4.98 Å².